The average molecular weight is 233 g/mol. The molecule has 1 aliphatic rings. The lowest BCUT2D eigenvalue weighted by molar-refractivity contribution is 0.0503. The highest BCUT2D eigenvalue weighted by Crippen LogP contribution is 2.17. The van der Waals surface area contributed by atoms with Crippen molar-refractivity contribution in [2.45, 2.75) is 6.92 Å². The molecule has 1 aromatic heterocycles. The van der Waals surface area contributed by atoms with Crippen LogP contribution in [0.2, 0.25) is 0 Å². The molecule has 3 nitrogen and oxygen atoms in total. The first-order valence-electron chi connectivity index (χ1n) is 5.97. The Hall–Kier alpha value is -1.32. The molecule has 2 aromatic rings. The molecule has 1 aromatic carbocycles. The van der Waals surface area contributed by atoms with Gasteiger partial charge in [-0.2, -0.15) is 0 Å². The minimum absolute atomic E-state index is 0.913. The van der Waals surface area contributed by atoms with E-state index in [1.54, 1.807) is 0 Å². The van der Waals surface area contributed by atoms with Crippen LogP contribution in [-0.2, 0) is 4.74 Å². The zero-order valence-corrected chi connectivity index (χ0v) is 10.5. The molecule has 0 aliphatic carbocycles. The highest BCUT2D eigenvalue weighted by atomic mass is 16.5. The molecule has 0 spiro atoms. The third-order valence-corrected chi connectivity index (χ3v) is 2.78. The molecule has 3 heteroatoms. The van der Waals surface area contributed by atoms with E-state index in [1.807, 2.05) is 37.3 Å². The third kappa shape index (κ3) is 3.58. The smallest absolute Gasteiger partial charge is 0.134 e. The van der Waals surface area contributed by atoms with Gasteiger partial charge in [-0.25, -0.2) is 0 Å². The number of hydrogen-bond acceptors (Lipinski definition) is 3. The zero-order valence-electron chi connectivity index (χ0n) is 10.5. The maximum absolute atomic E-state index is 5.37. The van der Waals surface area contributed by atoms with E-state index in [0.29, 0.717) is 0 Å². The second kappa shape index (κ2) is 5.84. The normalized spacial score (nSPS) is 16.6. The molecular weight excluding hydrogens is 214 g/mol. The summed E-state index contributed by atoms with van der Waals surface area (Å²) in [5.41, 5.74) is 0.972. The molecule has 0 N–H and O–H groups in total. The highest BCUT2D eigenvalue weighted by Gasteiger charge is 2.02. The fourth-order valence-corrected chi connectivity index (χ4v) is 1.77. The molecule has 0 atom stereocenters. The van der Waals surface area contributed by atoms with Crippen molar-refractivity contribution < 1.29 is 9.15 Å². The monoisotopic (exact) mass is 233 g/mol. The lowest BCUT2D eigenvalue weighted by Crippen LogP contribution is -2.32. The van der Waals surface area contributed by atoms with Gasteiger partial charge in [0.1, 0.15) is 11.3 Å². The minimum Gasteiger partial charge on any atom is -0.461 e. The molecule has 0 amide bonds. The topological polar surface area (TPSA) is 25.6 Å². The second-order valence-electron chi connectivity index (χ2n) is 4.31. The van der Waals surface area contributed by atoms with Crippen LogP contribution in [0.4, 0.5) is 0 Å². The van der Waals surface area contributed by atoms with Gasteiger partial charge in [-0.05, 0) is 26.1 Å². The molecular formula is C14H19NO2. The molecule has 2 heterocycles. The second-order valence-corrected chi connectivity index (χ2v) is 4.31. The lowest BCUT2D eigenvalue weighted by atomic mass is 10.2. The summed E-state index contributed by atoms with van der Waals surface area (Å²) < 4.78 is 10.5. The first-order chi connectivity index (χ1) is 8.25. The molecule has 1 fully saturated rings. The summed E-state index contributed by atoms with van der Waals surface area (Å²) in [6, 6.07) is 10.0. The van der Waals surface area contributed by atoms with Crippen molar-refractivity contribution in [1.82, 2.24) is 4.90 Å². The van der Waals surface area contributed by atoms with Crippen LogP contribution in [0.5, 0.6) is 0 Å². The quantitative estimate of drug-likeness (QED) is 0.699. The Morgan fingerprint density at radius 2 is 1.82 bits per heavy atom. The van der Waals surface area contributed by atoms with Crippen molar-refractivity contribution in [2.75, 3.05) is 33.4 Å². The number of para-hydroxylation sites is 1. The minimum atomic E-state index is 0.913. The number of hydrogen-bond donors (Lipinski definition) is 0. The van der Waals surface area contributed by atoms with E-state index < -0.39 is 0 Å². The van der Waals surface area contributed by atoms with Gasteiger partial charge in [-0.1, -0.05) is 18.2 Å². The van der Waals surface area contributed by atoms with Gasteiger partial charge < -0.3 is 14.1 Å². The summed E-state index contributed by atoms with van der Waals surface area (Å²) in [6.07, 6.45) is 0. The van der Waals surface area contributed by atoms with E-state index in [-0.39, 0.29) is 0 Å². The Balaban J connectivity index is 0.000000136. The van der Waals surface area contributed by atoms with Gasteiger partial charge in [-0.15, -0.1) is 0 Å². The summed E-state index contributed by atoms with van der Waals surface area (Å²) in [5.74, 6) is 0.973. The molecule has 1 saturated heterocycles. The van der Waals surface area contributed by atoms with Gasteiger partial charge in [0.15, 0.2) is 0 Å². The van der Waals surface area contributed by atoms with E-state index in [4.69, 9.17) is 9.15 Å². The maximum atomic E-state index is 5.37. The van der Waals surface area contributed by atoms with Gasteiger partial charge in [0.05, 0.1) is 13.2 Å². The predicted octanol–water partition coefficient (Wildman–Crippen LogP) is 2.69. The van der Waals surface area contributed by atoms with E-state index in [9.17, 15) is 0 Å². The van der Waals surface area contributed by atoms with E-state index in [1.165, 1.54) is 5.39 Å². The molecule has 3 rings (SSSR count). The molecule has 0 radical (unpaired) electrons. The summed E-state index contributed by atoms with van der Waals surface area (Å²) in [6.45, 7) is 5.98. The van der Waals surface area contributed by atoms with Crippen LogP contribution in [-0.4, -0.2) is 38.3 Å². The van der Waals surface area contributed by atoms with Crippen molar-refractivity contribution in [1.29, 1.82) is 0 Å². The van der Waals surface area contributed by atoms with Crippen LogP contribution in [0.1, 0.15) is 5.76 Å². The first kappa shape index (κ1) is 12.1. The van der Waals surface area contributed by atoms with Crippen LogP contribution >= 0.6 is 0 Å². The molecule has 92 valence electrons. The van der Waals surface area contributed by atoms with Crippen molar-refractivity contribution in [3.05, 3.63) is 36.1 Å². The lowest BCUT2D eigenvalue weighted by Gasteiger charge is -2.21. The maximum Gasteiger partial charge on any atom is 0.134 e. The number of aryl methyl sites for hydroxylation is 1. The number of rotatable bonds is 0. The fourth-order valence-electron chi connectivity index (χ4n) is 1.77. The number of ether oxygens (including phenoxy) is 1. The number of fused-ring (bicyclic) bond motifs is 1. The Labute approximate surface area is 102 Å². The Kier molecular flexibility index (Phi) is 4.18. The summed E-state index contributed by atoms with van der Waals surface area (Å²) in [5, 5.41) is 1.18. The van der Waals surface area contributed by atoms with Crippen LogP contribution in [0, 0.1) is 6.92 Å². The molecule has 0 bridgehead atoms. The van der Waals surface area contributed by atoms with Crippen molar-refractivity contribution >= 4 is 11.0 Å². The van der Waals surface area contributed by atoms with E-state index in [0.717, 1.165) is 37.6 Å². The van der Waals surface area contributed by atoms with Crippen LogP contribution in [0.3, 0.4) is 0 Å². The average Bonchev–Trinajstić information content (AvgIpc) is 2.71. The van der Waals surface area contributed by atoms with Gasteiger partial charge in [0.2, 0.25) is 0 Å². The molecule has 0 unspecified atom stereocenters. The summed E-state index contributed by atoms with van der Waals surface area (Å²) in [7, 11) is 2.11. The first-order valence-corrected chi connectivity index (χ1v) is 5.97. The van der Waals surface area contributed by atoms with E-state index >= 15 is 0 Å². The van der Waals surface area contributed by atoms with Crippen LogP contribution in [0.25, 0.3) is 11.0 Å². The Morgan fingerprint density at radius 1 is 1.12 bits per heavy atom. The number of morpholine rings is 1. The highest BCUT2D eigenvalue weighted by molar-refractivity contribution is 5.77. The predicted molar refractivity (Wildman–Crippen MR) is 69.3 cm³/mol. The fraction of sp³-hybridized carbons (Fsp3) is 0.429. The number of benzene rings is 1. The van der Waals surface area contributed by atoms with Gasteiger partial charge >= 0.3 is 0 Å². The van der Waals surface area contributed by atoms with Gasteiger partial charge in [0, 0.05) is 18.5 Å². The number of likely N-dealkylation sites (N-methyl/N-ethyl adjacent to an activating group) is 1. The van der Waals surface area contributed by atoms with Crippen molar-refractivity contribution in [3.8, 4) is 0 Å². The van der Waals surface area contributed by atoms with Crippen molar-refractivity contribution in [3.63, 3.8) is 0 Å². The Morgan fingerprint density at radius 3 is 2.41 bits per heavy atom. The molecule has 0 saturated carbocycles. The van der Waals surface area contributed by atoms with Crippen LogP contribution < -0.4 is 0 Å². The number of furan rings is 1. The number of nitrogens with zero attached hydrogens (tertiary/aromatic N) is 1. The van der Waals surface area contributed by atoms with Crippen LogP contribution in [0.15, 0.2) is 34.7 Å². The van der Waals surface area contributed by atoms with Gasteiger partial charge in [0.25, 0.3) is 0 Å². The largest absolute Gasteiger partial charge is 0.461 e. The Bertz CT molecular complexity index is 425. The molecule has 1 aliphatic heterocycles. The zero-order chi connectivity index (χ0) is 12.1. The summed E-state index contributed by atoms with van der Waals surface area (Å²) in [4.78, 5) is 2.27. The molecule has 17 heavy (non-hydrogen) atoms. The standard InChI is InChI=1S/C9H8O.C5H11NO/c1-7-6-8-4-2-3-5-9(8)10-7;1-6-2-4-7-5-3-6/h2-6H,1H3;2-5H2,1H3. The van der Waals surface area contributed by atoms with E-state index in [2.05, 4.69) is 11.9 Å². The SMILES string of the molecule is CN1CCOCC1.Cc1cc2ccccc2o1. The third-order valence-electron chi connectivity index (χ3n) is 2.78. The summed E-state index contributed by atoms with van der Waals surface area (Å²) >= 11 is 0. The van der Waals surface area contributed by atoms with Gasteiger partial charge in [-0.3, -0.25) is 0 Å². The van der Waals surface area contributed by atoms with Crippen molar-refractivity contribution in [2.24, 2.45) is 0 Å².